The van der Waals surface area contributed by atoms with Crippen LogP contribution in [0.2, 0.25) is 0 Å². The number of amides is 1. The van der Waals surface area contributed by atoms with Crippen molar-refractivity contribution < 1.29 is 13.2 Å². The van der Waals surface area contributed by atoms with Crippen LogP contribution in [0.3, 0.4) is 0 Å². The van der Waals surface area contributed by atoms with Crippen molar-refractivity contribution in [3.05, 3.63) is 46.2 Å². The van der Waals surface area contributed by atoms with Gasteiger partial charge in [0.1, 0.15) is 0 Å². The summed E-state index contributed by atoms with van der Waals surface area (Å²) >= 11 is 3.30. The van der Waals surface area contributed by atoms with Crippen LogP contribution in [-0.4, -0.2) is 59.5 Å². The Labute approximate surface area is 155 Å². The van der Waals surface area contributed by atoms with Crippen LogP contribution < -0.4 is 0 Å². The second-order valence-electron chi connectivity index (χ2n) is 5.92. The lowest BCUT2D eigenvalue weighted by atomic mass is 10.2. The van der Waals surface area contributed by atoms with Gasteiger partial charge in [0, 0.05) is 43.4 Å². The molecule has 1 aliphatic heterocycles. The van der Waals surface area contributed by atoms with Gasteiger partial charge in [-0.05, 0) is 31.2 Å². The summed E-state index contributed by atoms with van der Waals surface area (Å²) < 4.78 is 29.3. The summed E-state index contributed by atoms with van der Waals surface area (Å²) in [6, 6.07) is 6.57. The minimum absolute atomic E-state index is 0.105. The zero-order chi connectivity index (χ0) is 18.2. The van der Waals surface area contributed by atoms with Crippen molar-refractivity contribution in [2.24, 2.45) is 7.05 Å². The summed E-state index contributed by atoms with van der Waals surface area (Å²) in [5, 5.41) is 4.09. The van der Waals surface area contributed by atoms with E-state index in [9.17, 15) is 13.2 Å². The maximum atomic E-state index is 12.7. The van der Waals surface area contributed by atoms with Crippen molar-refractivity contribution in [3.8, 4) is 0 Å². The summed E-state index contributed by atoms with van der Waals surface area (Å²) in [5.41, 5.74) is 1.36. The summed E-state index contributed by atoms with van der Waals surface area (Å²) in [6.07, 6.45) is 1.56. The number of carbonyl (C=O) groups excluding carboxylic acids is 1. The van der Waals surface area contributed by atoms with Crippen molar-refractivity contribution in [1.82, 2.24) is 19.0 Å². The van der Waals surface area contributed by atoms with Gasteiger partial charge in [-0.1, -0.05) is 15.9 Å². The maximum Gasteiger partial charge on any atom is 0.257 e. The van der Waals surface area contributed by atoms with Crippen molar-refractivity contribution >= 4 is 31.9 Å². The van der Waals surface area contributed by atoms with Crippen LogP contribution in [0, 0.1) is 6.92 Å². The predicted octanol–water partition coefficient (Wildman–Crippen LogP) is 1.64. The average Bonchev–Trinajstić information content (AvgIpc) is 2.94. The predicted molar refractivity (Wildman–Crippen MR) is 96.7 cm³/mol. The molecule has 0 bridgehead atoms. The van der Waals surface area contributed by atoms with Gasteiger partial charge in [0.05, 0.1) is 16.7 Å². The molecule has 9 heteroatoms. The molecule has 7 nitrogen and oxygen atoms in total. The van der Waals surface area contributed by atoms with Gasteiger partial charge in [-0.3, -0.25) is 9.48 Å². The summed E-state index contributed by atoms with van der Waals surface area (Å²) in [4.78, 5) is 14.5. The monoisotopic (exact) mass is 426 g/mol. The molecule has 1 fully saturated rings. The van der Waals surface area contributed by atoms with Crippen LogP contribution in [0.5, 0.6) is 0 Å². The fourth-order valence-electron chi connectivity index (χ4n) is 2.77. The third-order valence-electron chi connectivity index (χ3n) is 4.44. The van der Waals surface area contributed by atoms with Gasteiger partial charge in [-0.15, -0.1) is 0 Å². The molecule has 0 atom stereocenters. The lowest BCUT2D eigenvalue weighted by molar-refractivity contribution is 0.0697. The molecule has 0 saturated carbocycles. The highest BCUT2D eigenvalue weighted by Gasteiger charge is 2.31. The second kappa shape index (κ2) is 6.89. The van der Waals surface area contributed by atoms with Gasteiger partial charge < -0.3 is 4.90 Å². The zero-order valence-corrected chi connectivity index (χ0v) is 16.4. The van der Waals surface area contributed by atoms with E-state index in [2.05, 4.69) is 21.0 Å². The third kappa shape index (κ3) is 3.49. The zero-order valence-electron chi connectivity index (χ0n) is 14.0. The van der Waals surface area contributed by atoms with E-state index in [0.29, 0.717) is 18.7 Å². The van der Waals surface area contributed by atoms with Crippen LogP contribution >= 0.6 is 15.9 Å². The van der Waals surface area contributed by atoms with Crippen molar-refractivity contribution in [2.75, 3.05) is 26.2 Å². The van der Waals surface area contributed by atoms with Gasteiger partial charge in [-0.2, -0.15) is 9.40 Å². The molecular weight excluding hydrogens is 408 g/mol. The highest BCUT2D eigenvalue weighted by molar-refractivity contribution is 9.10. The largest absolute Gasteiger partial charge is 0.336 e. The first kappa shape index (κ1) is 18.1. The maximum absolute atomic E-state index is 12.7. The Morgan fingerprint density at radius 2 is 1.72 bits per heavy atom. The number of benzene rings is 1. The minimum Gasteiger partial charge on any atom is -0.336 e. The van der Waals surface area contributed by atoms with Crippen molar-refractivity contribution in [3.63, 3.8) is 0 Å². The van der Waals surface area contributed by atoms with E-state index < -0.39 is 10.0 Å². The number of carbonyl (C=O) groups is 1. The highest BCUT2D eigenvalue weighted by atomic mass is 79.9. The number of hydrogen-bond donors (Lipinski definition) is 0. The number of halogens is 1. The van der Waals surface area contributed by atoms with Crippen LogP contribution in [0.25, 0.3) is 0 Å². The smallest absolute Gasteiger partial charge is 0.257 e. The minimum atomic E-state index is -3.54. The number of sulfonamides is 1. The van der Waals surface area contributed by atoms with Gasteiger partial charge in [-0.25, -0.2) is 8.42 Å². The van der Waals surface area contributed by atoms with E-state index in [-0.39, 0.29) is 23.9 Å². The Balaban J connectivity index is 1.70. The van der Waals surface area contributed by atoms with Crippen LogP contribution in [-0.2, 0) is 17.1 Å². The standard InChI is InChI=1S/C16H19BrN4O3S/c1-12-15(11-18-19(12)2)16(22)20-7-9-21(10-8-20)25(23,24)14-5-3-13(17)4-6-14/h3-6,11H,7-10H2,1-2H3. The lowest BCUT2D eigenvalue weighted by Crippen LogP contribution is -2.50. The molecule has 0 aliphatic carbocycles. The van der Waals surface area contributed by atoms with Crippen LogP contribution in [0.4, 0.5) is 0 Å². The molecule has 1 aromatic heterocycles. The average molecular weight is 427 g/mol. The van der Waals surface area contributed by atoms with E-state index >= 15 is 0 Å². The van der Waals surface area contributed by atoms with Gasteiger partial charge in [0.15, 0.2) is 0 Å². The molecule has 0 radical (unpaired) electrons. The van der Waals surface area contributed by atoms with E-state index in [4.69, 9.17) is 0 Å². The number of aryl methyl sites for hydroxylation is 1. The third-order valence-corrected chi connectivity index (χ3v) is 6.88. The molecule has 1 aromatic carbocycles. The molecule has 0 spiro atoms. The van der Waals surface area contributed by atoms with E-state index in [1.54, 1.807) is 47.1 Å². The first-order valence-corrected chi connectivity index (χ1v) is 10.1. The summed E-state index contributed by atoms with van der Waals surface area (Å²) in [6.45, 7) is 3.13. The Morgan fingerprint density at radius 1 is 1.12 bits per heavy atom. The molecular formula is C16H19BrN4O3S. The first-order chi connectivity index (χ1) is 11.8. The molecule has 0 unspecified atom stereocenters. The normalized spacial score (nSPS) is 16.2. The molecule has 3 rings (SSSR count). The molecule has 134 valence electrons. The van der Waals surface area contributed by atoms with Gasteiger partial charge >= 0.3 is 0 Å². The number of rotatable bonds is 3. The first-order valence-electron chi connectivity index (χ1n) is 7.84. The molecule has 2 aromatic rings. The number of nitrogens with zero attached hydrogens (tertiary/aromatic N) is 4. The SMILES string of the molecule is Cc1c(C(=O)N2CCN(S(=O)(=O)c3ccc(Br)cc3)CC2)cnn1C. The van der Waals surface area contributed by atoms with Gasteiger partial charge in [0.2, 0.25) is 10.0 Å². The number of aromatic nitrogens is 2. The fourth-order valence-corrected chi connectivity index (χ4v) is 4.45. The topological polar surface area (TPSA) is 75.5 Å². The Hall–Kier alpha value is -1.71. The summed E-state index contributed by atoms with van der Waals surface area (Å²) in [5.74, 6) is -0.105. The molecule has 0 N–H and O–H groups in total. The Kier molecular flexibility index (Phi) is 4.99. The Morgan fingerprint density at radius 3 is 2.24 bits per heavy atom. The molecule has 25 heavy (non-hydrogen) atoms. The van der Waals surface area contributed by atoms with Gasteiger partial charge in [0.25, 0.3) is 5.91 Å². The van der Waals surface area contributed by atoms with Crippen LogP contribution in [0.1, 0.15) is 16.1 Å². The Bertz CT molecular complexity index is 885. The highest BCUT2D eigenvalue weighted by Crippen LogP contribution is 2.21. The number of hydrogen-bond acceptors (Lipinski definition) is 4. The van der Waals surface area contributed by atoms with Crippen molar-refractivity contribution in [1.29, 1.82) is 0 Å². The van der Waals surface area contributed by atoms with Crippen molar-refractivity contribution in [2.45, 2.75) is 11.8 Å². The molecule has 1 saturated heterocycles. The lowest BCUT2D eigenvalue weighted by Gasteiger charge is -2.34. The molecule has 1 aliphatic rings. The van der Waals surface area contributed by atoms with E-state index in [1.807, 2.05) is 6.92 Å². The summed E-state index contributed by atoms with van der Waals surface area (Å²) in [7, 11) is -1.75. The van der Waals surface area contributed by atoms with E-state index in [1.165, 1.54) is 4.31 Å². The molecule has 2 heterocycles. The fraction of sp³-hybridized carbons (Fsp3) is 0.375. The van der Waals surface area contributed by atoms with E-state index in [0.717, 1.165) is 10.2 Å². The molecule has 1 amide bonds. The number of piperazine rings is 1. The second-order valence-corrected chi connectivity index (χ2v) is 8.77. The van der Waals surface area contributed by atoms with Crippen LogP contribution in [0.15, 0.2) is 39.8 Å². The quantitative estimate of drug-likeness (QED) is 0.747.